The minimum atomic E-state index is -0.0659. The maximum absolute atomic E-state index is 11.8. The molecule has 2 N–H and O–H groups in total. The first kappa shape index (κ1) is 13.6. The van der Waals surface area contributed by atoms with E-state index in [4.69, 9.17) is 0 Å². The molecule has 0 aromatic heterocycles. The van der Waals surface area contributed by atoms with E-state index in [-0.39, 0.29) is 12.5 Å². The van der Waals surface area contributed by atoms with E-state index in [9.17, 15) is 4.79 Å². The number of hydrogen-bond acceptors (Lipinski definition) is 2. The minimum absolute atomic E-state index is 0.0659. The van der Waals surface area contributed by atoms with Gasteiger partial charge in [0, 0.05) is 15.8 Å². The van der Waals surface area contributed by atoms with Crippen LogP contribution in [0, 0.1) is 6.92 Å². The lowest BCUT2D eigenvalue weighted by Gasteiger charge is -2.08. The Hall–Kier alpha value is -1.81. The number of carbonyl (C=O) groups is 1. The van der Waals surface area contributed by atoms with E-state index >= 15 is 0 Å². The van der Waals surface area contributed by atoms with Crippen molar-refractivity contribution in [2.45, 2.75) is 6.92 Å². The first-order valence-electron chi connectivity index (χ1n) is 5.99. The van der Waals surface area contributed by atoms with Gasteiger partial charge in [-0.1, -0.05) is 39.7 Å². The van der Waals surface area contributed by atoms with Crippen molar-refractivity contribution in [2.24, 2.45) is 0 Å². The van der Waals surface area contributed by atoms with Crippen LogP contribution < -0.4 is 10.6 Å². The molecule has 98 valence electrons. The van der Waals surface area contributed by atoms with E-state index in [1.807, 2.05) is 55.5 Å². The van der Waals surface area contributed by atoms with Crippen molar-refractivity contribution in [2.75, 3.05) is 17.2 Å². The lowest BCUT2D eigenvalue weighted by molar-refractivity contribution is -0.114. The number of carbonyl (C=O) groups excluding carboxylic acids is 1. The third kappa shape index (κ3) is 4.41. The Morgan fingerprint density at radius 2 is 1.84 bits per heavy atom. The van der Waals surface area contributed by atoms with Gasteiger partial charge in [0.15, 0.2) is 0 Å². The number of benzene rings is 2. The molecule has 0 fully saturated rings. The highest BCUT2D eigenvalue weighted by atomic mass is 79.9. The van der Waals surface area contributed by atoms with Crippen molar-refractivity contribution >= 4 is 33.2 Å². The Bertz CT molecular complexity index is 567. The predicted molar refractivity (Wildman–Crippen MR) is 82.4 cm³/mol. The highest BCUT2D eigenvalue weighted by molar-refractivity contribution is 9.10. The molecule has 2 rings (SSSR count). The molecule has 19 heavy (non-hydrogen) atoms. The molecule has 1 amide bonds. The van der Waals surface area contributed by atoms with Crippen molar-refractivity contribution in [1.29, 1.82) is 0 Å². The summed E-state index contributed by atoms with van der Waals surface area (Å²) in [5, 5.41) is 5.92. The van der Waals surface area contributed by atoms with Gasteiger partial charge in [-0.25, -0.2) is 0 Å². The van der Waals surface area contributed by atoms with E-state index in [1.54, 1.807) is 0 Å². The van der Waals surface area contributed by atoms with Crippen molar-refractivity contribution < 1.29 is 4.79 Å². The standard InChI is InChI=1S/C15H15BrN2O/c1-11-5-7-13(8-6-11)18-15(19)10-17-14-4-2-3-12(16)9-14/h2-9,17H,10H2,1H3,(H,18,19). The summed E-state index contributed by atoms with van der Waals surface area (Å²) in [6.07, 6.45) is 0. The Kier molecular flexibility index (Phi) is 4.58. The molecule has 0 atom stereocenters. The predicted octanol–water partition coefficient (Wildman–Crippen LogP) is 3.81. The quantitative estimate of drug-likeness (QED) is 0.900. The van der Waals surface area contributed by atoms with Gasteiger partial charge < -0.3 is 10.6 Å². The molecule has 3 nitrogen and oxygen atoms in total. The largest absolute Gasteiger partial charge is 0.376 e. The summed E-state index contributed by atoms with van der Waals surface area (Å²) in [6.45, 7) is 2.25. The lowest BCUT2D eigenvalue weighted by atomic mass is 10.2. The molecule has 0 radical (unpaired) electrons. The summed E-state index contributed by atoms with van der Waals surface area (Å²) in [5.41, 5.74) is 2.89. The van der Waals surface area contributed by atoms with Gasteiger partial charge in [0.2, 0.25) is 5.91 Å². The van der Waals surface area contributed by atoms with Crippen molar-refractivity contribution in [3.05, 3.63) is 58.6 Å². The van der Waals surface area contributed by atoms with Crippen LogP contribution in [0.2, 0.25) is 0 Å². The fourth-order valence-electron chi connectivity index (χ4n) is 1.62. The summed E-state index contributed by atoms with van der Waals surface area (Å²) in [6, 6.07) is 15.4. The molecule has 0 spiro atoms. The number of aryl methyl sites for hydroxylation is 1. The first-order valence-corrected chi connectivity index (χ1v) is 6.79. The van der Waals surface area contributed by atoms with Crippen molar-refractivity contribution in [3.8, 4) is 0 Å². The normalized spacial score (nSPS) is 10.0. The van der Waals surface area contributed by atoms with Gasteiger partial charge in [0.05, 0.1) is 6.54 Å². The second-order valence-corrected chi connectivity index (χ2v) is 5.19. The molecule has 4 heteroatoms. The topological polar surface area (TPSA) is 41.1 Å². The Morgan fingerprint density at radius 3 is 2.53 bits per heavy atom. The zero-order chi connectivity index (χ0) is 13.7. The van der Waals surface area contributed by atoms with Gasteiger partial charge in [0.25, 0.3) is 0 Å². The highest BCUT2D eigenvalue weighted by Gasteiger charge is 2.02. The molecule has 0 aliphatic carbocycles. The van der Waals surface area contributed by atoms with E-state index in [0.29, 0.717) is 0 Å². The number of halogens is 1. The first-order chi connectivity index (χ1) is 9.13. The molecule has 0 aliphatic rings. The Morgan fingerprint density at radius 1 is 1.11 bits per heavy atom. The van der Waals surface area contributed by atoms with E-state index in [1.165, 1.54) is 5.56 Å². The third-order valence-corrected chi connectivity index (χ3v) is 3.11. The highest BCUT2D eigenvalue weighted by Crippen LogP contribution is 2.15. The van der Waals surface area contributed by atoms with Gasteiger partial charge in [0.1, 0.15) is 0 Å². The van der Waals surface area contributed by atoms with E-state index in [2.05, 4.69) is 26.6 Å². The number of anilines is 2. The molecule has 0 unspecified atom stereocenters. The zero-order valence-electron chi connectivity index (χ0n) is 10.6. The molecule has 0 saturated carbocycles. The number of amides is 1. The molecule has 2 aromatic rings. The van der Waals surface area contributed by atoms with E-state index < -0.39 is 0 Å². The minimum Gasteiger partial charge on any atom is -0.376 e. The summed E-state index contributed by atoms with van der Waals surface area (Å²) >= 11 is 3.39. The molecule has 0 bridgehead atoms. The lowest BCUT2D eigenvalue weighted by Crippen LogP contribution is -2.21. The monoisotopic (exact) mass is 318 g/mol. The summed E-state index contributed by atoms with van der Waals surface area (Å²) in [5.74, 6) is -0.0659. The molecule has 2 aromatic carbocycles. The number of hydrogen-bond donors (Lipinski definition) is 2. The third-order valence-electron chi connectivity index (χ3n) is 2.61. The van der Waals surface area contributed by atoms with Gasteiger partial charge >= 0.3 is 0 Å². The summed E-state index contributed by atoms with van der Waals surface area (Å²) in [4.78, 5) is 11.8. The number of nitrogens with one attached hydrogen (secondary N) is 2. The van der Waals surface area contributed by atoms with E-state index in [0.717, 1.165) is 15.8 Å². The Labute approximate surface area is 121 Å². The number of rotatable bonds is 4. The molecule has 0 saturated heterocycles. The average molecular weight is 319 g/mol. The second-order valence-electron chi connectivity index (χ2n) is 4.28. The maximum Gasteiger partial charge on any atom is 0.243 e. The van der Waals surface area contributed by atoms with Crippen LogP contribution in [0.15, 0.2) is 53.0 Å². The fourth-order valence-corrected chi connectivity index (χ4v) is 2.02. The SMILES string of the molecule is Cc1ccc(NC(=O)CNc2cccc(Br)c2)cc1. The molecule has 0 heterocycles. The smallest absolute Gasteiger partial charge is 0.243 e. The van der Waals surface area contributed by atoms with Crippen LogP contribution in [0.25, 0.3) is 0 Å². The fraction of sp³-hybridized carbons (Fsp3) is 0.133. The van der Waals surface area contributed by atoms with Crippen LogP contribution in [0.3, 0.4) is 0 Å². The van der Waals surface area contributed by atoms with Crippen LogP contribution >= 0.6 is 15.9 Å². The van der Waals surface area contributed by atoms with Crippen LogP contribution in [0.4, 0.5) is 11.4 Å². The Balaban J connectivity index is 1.86. The van der Waals surface area contributed by atoms with Gasteiger partial charge in [-0.2, -0.15) is 0 Å². The summed E-state index contributed by atoms with van der Waals surface area (Å²) < 4.78 is 0.983. The van der Waals surface area contributed by atoms with Crippen LogP contribution in [-0.2, 0) is 4.79 Å². The summed E-state index contributed by atoms with van der Waals surface area (Å²) in [7, 11) is 0. The van der Waals surface area contributed by atoms with Crippen molar-refractivity contribution in [1.82, 2.24) is 0 Å². The second kappa shape index (κ2) is 6.38. The van der Waals surface area contributed by atoms with Crippen LogP contribution in [-0.4, -0.2) is 12.5 Å². The molecular formula is C15H15BrN2O. The van der Waals surface area contributed by atoms with Crippen LogP contribution in [0.1, 0.15) is 5.56 Å². The average Bonchev–Trinajstić information content (AvgIpc) is 2.39. The van der Waals surface area contributed by atoms with Gasteiger partial charge in [-0.3, -0.25) is 4.79 Å². The molecule has 0 aliphatic heterocycles. The zero-order valence-corrected chi connectivity index (χ0v) is 12.2. The van der Waals surface area contributed by atoms with Gasteiger partial charge in [-0.05, 0) is 37.3 Å². The molecular weight excluding hydrogens is 304 g/mol. The van der Waals surface area contributed by atoms with Crippen LogP contribution in [0.5, 0.6) is 0 Å². The van der Waals surface area contributed by atoms with Gasteiger partial charge in [-0.15, -0.1) is 0 Å². The van der Waals surface area contributed by atoms with Crippen molar-refractivity contribution in [3.63, 3.8) is 0 Å². The maximum atomic E-state index is 11.8.